The molecular weight excluding hydrogens is 1650 g/mol. The minimum absolute atomic E-state index is 0. The molecule has 0 saturated carbocycles. The second-order valence-corrected chi connectivity index (χ2v) is 0. The Bertz CT molecular complexity index is 66.9. The second-order valence-electron chi connectivity index (χ2n) is 0. The zero-order valence-corrected chi connectivity index (χ0v) is 44.6. The van der Waals surface area contributed by atoms with Crippen LogP contribution in [-0.4, -0.2) is 99.5 Å². The molecular formula is C14H42O24Re2Ta4-14. The molecule has 0 aliphatic carbocycles. The van der Waals surface area contributed by atoms with Crippen LogP contribution in [0.4, 0.5) is 0 Å². The van der Waals surface area contributed by atoms with Crippen molar-refractivity contribution in [3.63, 3.8) is 0 Å². The van der Waals surface area contributed by atoms with E-state index in [2.05, 4.69) is 0 Å². The van der Waals surface area contributed by atoms with Gasteiger partial charge in [0.05, 0.1) is 0 Å². The average molecular weight is 1690 g/mol. The van der Waals surface area contributed by atoms with Gasteiger partial charge < -0.3 is 126 Å². The Kier molecular flexibility index (Phi) is 66200. The smallest absolute Gasteiger partial charge is 2.00 e. The van der Waals surface area contributed by atoms with Gasteiger partial charge in [0.15, 0.2) is 0 Å². The minimum atomic E-state index is 0. The fourth-order valence-corrected chi connectivity index (χ4v) is 0. The number of rotatable bonds is 0. The topological polar surface area (TPSA) is 608 Å². The molecule has 0 saturated heterocycles. The molecule has 0 bridgehead atoms. The fraction of sp³-hybridized carbons (Fsp3) is 1.00. The molecule has 0 aromatic carbocycles. The number of hydrogen-bond acceptors (Lipinski definition) is 14. The summed E-state index contributed by atoms with van der Waals surface area (Å²) in [7, 11) is 10.5. The third kappa shape index (κ3) is 8050. The van der Waals surface area contributed by atoms with Crippen molar-refractivity contribution in [1.29, 1.82) is 0 Å². The third-order valence-corrected chi connectivity index (χ3v) is 0. The van der Waals surface area contributed by atoms with Crippen LogP contribution in [0.15, 0.2) is 0 Å². The molecule has 0 fully saturated rings. The van der Waals surface area contributed by atoms with Gasteiger partial charge in [-0.25, -0.2) is 0 Å². The van der Waals surface area contributed by atoms with Gasteiger partial charge in [0.2, 0.25) is 0 Å². The maximum Gasteiger partial charge on any atom is 5.00 e. The van der Waals surface area contributed by atoms with Crippen molar-refractivity contribution in [2.75, 3.05) is 99.5 Å². The Balaban J connectivity index is -0.00000000167. The fourth-order valence-electron chi connectivity index (χ4n) is 0. The molecule has 290 valence electrons. The van der Waals surface area contributed by atoms with E-state index in [9.17, 15) is 0 Å². The monoisotopic (exact) mass is 1690 g/mol. The van der Waals surface area contributed by atoms with Crippen LogP contribution in [0.25, 0.3) is 0 Å². The standard InChI is InChI=1S/14CH3O.10O.2Re.4Ta/c14*1-2;;;;;;;;;;;;;;;;/h14*1H3;;;;;;;;;;;;;;;;/q14*-1;10*-2;;;4*+5. The predicted molar refractivity (Wildman–Crippen MR) is 89.8 cm³/mol. The van der Waals surface area contributed by atoms with Crippen LogP contribution in [0.1, 0.15) is 0 Å². The van der Waals surface area contributed by atoms with E-state index < -0.39 is 0 Å². The Labute approximate surface area is 353 Å². The molecule has 0 atom stereocenters. The van der Waals surface area contributed by atoms with Gasteiger partial charge in [0.25, 0.3) is 0 Å². The summed E-state index contributed by atoms with van der Waals surface area (Å²) < 4.78 is 0. The molecule has 0 unspecified atom stereocenters. The van der Waals surface area contributed by atoms with E-state index >= 15 is 0 Å². The SMILES string of the molecule is C[O-].C[O-].C[O-].C[O-].C[O-].C[O-].C[O-].C[O-].C[O-].C[O-].C[O-].C[O-].C[O-].C[O-].[O-2].[O-2].[O-2].[O-2].[O-2].[O-2].[O-2].[O-2].[O-2].[O-2].[Re].[Re].[Ta+5].[Ta+5].[Ta+5].[Ta+5]. The van der Waals surface area contributed by atoms with Gasteiger partial charge in [-0.3, -0.25) is 0 Å². The summed E-state index contributed by atoms with van der Waals surface area (Å²) >= 11 is 0. The number of hydrogen-bond donors (Lipinski definition) is 0. The van der Waals surface area contributed by atoms with Crippen LogP contribution in [0.5, 0.6) is 0 Å². The molecule has 0 rings (SSSR count). The molecule has 0 aliphatic heterocycles. The van der Waals surface area contributed by atoms with Crippen molar-refractivity contribution < 1.29 is 257 Å². The predicted octanol–water partition coefficient (Wildman–Crippen LogP) is -15.5. The summed E-state index contributed by atoms with van der Waals surface area (Å²) in [6, 6.07) is 0. The summed E-state index contributed by atoms with van der Waals surface area (Å²) in [5.74, 6) is 0. The molecule has 2 radical (unpaired) electrons. The van der Waals surface area contributed by atoms with Crippen LogP contribution >= 0.6 is 0 Å². The van der Waals surface area contributed by atoms with E-state index in [1.165, 1.54) is 0 Å². The first-order chi connectivity index (χ1) is 14.0. The van der Waals surface area contributed by atoms with E-state index in [0.717, 1.165) is 99.5 Å². The molecule has 0 N–H and O–H groups in total. The van der Waals surface area contributed by atoms with Gasteiger partial charge in [-0.1, -0.05) is 0 Å². The normalized spacial score (nSPS) is 1.91. The van der Waals surface area contributed by atoms with E-state index in [4.69, 9.17) is 71.5 Å². The summed E-state index contributed by atoms with van der Waals surface area (Å²) in [6.45, 7) is 0. The molecule has 44 heavy (non-hydrogen) atoms. The van der Waals surface area contributed by atoms with Crippen molar-refractivity contribution in [2.45, 2.75) is 0 Å². The molecule has 0 amide bonds. The van der Waals surface area contributed by atoms with Gasteiger partial charge in [-0.05, 0) is 0 Å². The summed E-state index contributed by atoms with van der Waals surface area (Å²) in [6.07, 6.45) is 0. The van der Waals surface area contributed by atoms with Crippen LogP contribution in [0.2, 0.25) is 0 Å². The average Bonchev–Trinajstić information content (AvgIpc) is 2.95. The first-order valence-electron chi connectivity index (χ1n) is 5.72. The minimum Gasteiger partial charge on any atom is -2.00 e. The van der Waals surface area contributed by atoms with E-state index in [0.29, 0.717) is 0 Å². The van der Waals surface area contributed by atoms with E-state index in [1.54, 1.807) is 0 Å². The zero-order valence-electron chi connectivity index (χ0n) is 26.3. The van der Waals surface area contributed by atoms with Crippen LogP contribution in [0.3, 0.4) is 0 Å². The molecule has 0 aromatic rings. The first-order valence-corrected chi connectivity index (χ1v) is 5.72. The van der Waals surface area contributed by atoms with Gasteiger partial charge in [-0.15, -0.1) is 0 Å². The summed E-state index contributed by atoms with van der Waals surface area (Å²) in [4.78, 5) is 0. The van der Waals surface area contributed by atoms with Gasteiger partial charge >= 0.3 is 89.5 Å². The first kappa shape index (κ1) is 338. The second kappa shape index (κ2) is 8600. The quantitative estimate of drug-likeness (QED) is 0.218. The van der Waals surface area contributed by atoms with Gasteiger partial charge in [-0.2, -0.15) is 99.5 Å². The molecule has 0 heterocycles. The van der Waals surface area contributed by atoms with Crippen LogP contribution < -0.4 is 71.5 Å². The third-order valence-electron chi connectivity index (χ3n) is 0. The molecule has 30 heteroatoms. The van der Waals surface area contributed by atoms with Gasteiger partial charge in [0.1, 0.15) is 0 Å². The summed E-state index contributed by atoms with van der Waals surface area (Å²) in [5, 5.41) is 116. The Morgan fingerprint density at radius 2 is 0.136 bits per heavy atom. The van der Waals surface area contributed by atoms with Crippen molar-refractivity contribution >= 4 is 0 Å². The zero-order chi connectivity index (χ0) is 28.0. The van der Waals surface area contributed by atoms with Crippen LogP contribution in [-0.2, 0) is 185 Å². The van der Waals surface area contributed by atoms with Crippen molar-refractivity contribution in [1.82, 2.24) is 0 Å². The maximum atomic E-state index is 8.25. The van der Waals surface area contributed by atoms with Crippen LogP contribution in [0, 0.1) is 0 Å². The van der Waals surface area contributed by atoms with Crippen molar-refractivity contribution in [2.24, 2.45) is 0 Å². The summed E-state index contributed by atoms with van der Waals surface area (Å²) in [5.41, 5.74) is 0. The maximum absolute atomic E-state index is 8.25. The molecule has 0 spiro atoms. The van der Waals surface area contributed by atoms with Crippen molar-refractivity contribution in [3.8, 4) is 0 Å². The Hall–Kier alpha value is 3.33. The Morgan fingerprint density at radius 3 is 0.136 bits per heavy atom. The van der Waals surface area contributed by atoms with E-state index in [1.807, 2.05) is 0 Å². The Morgan fingerprint density at radius 1 is 0.136 bits per heavy atom. The van der Waals surface area contributed by atoms with Crippen molar-refractivity contribution in [3.05, 3.63) is 0 Å². The largest absolute Gasteiger partial charge is 5.00 e. The van der Waals surface area contributed by atoms with E-state index in [-0.39, 0.29) is 185 Å². The molecule has 24 nitrogen and oxygen atoms in total. The van der Waals surface area contributed by atoms with Gasteiger partial charge in [0, 0.05) is 40.8 Å². The molecule has 0 aliphatic rings. The molecule has 0 aromatic heterocycles.